The van der Waals surface area contributed by atoms with E-state index in [0.29, 0.717) is 23.6 Å². The molecular formula is C13H20ClN3O. The summed E-state index contributed by atoms with van der Waals surface area (Å²) >= 11 is 6.02. The minimum absolute atomic E-state index is 0.477. The van der Waals surface area contributed by atoms with Crippen LogP contribution in [-0.2, 0) is 4.74 Å². The van der Waals surface area contributed by atoms with Crippen molar-refractivity contribution in [3.05, 3.63) is 17.0 Å². The lowest BCUT2D eigenvalue weighted by Gasteiger charge is -2.30. The molecule has 1 heterocycles. The van der Waals surface area contributed by atoms with Crippen molar-refractivity contribution in [3.8, 4) is 0 Å². The van der Waals surface area contributed by atoms with Crippen LogP contribution in [0.4, 0.5) is 5.82 Å². The lowest BCUT2D eigenvalue weighted by Crippen LogP contribution is -2.38. The van der Waals surface area contributed by atoms with Gasteiger partial charge in [0.15, 0.2) is 0 Å². The van der Waals surface area contributed by atoms with Crippen LogP contribution >= 0.6 is 11.6 Å². The number of aryl methyl sites for hydroxylation is 1. The number of anilines is 1. The lowest BCUT2D eigenvalue weighted by molar-refractivity contribution is 0.202. The summed E-state index contributed by atoms with van der Waals surface area (Å²) in [6, 6.07) is 2.31. The number of nitrogens with zero attached hydrogens (tertiary/aromatic N) is 3. The molecule has 2 rings (SSSR count). The highest BCUT2D eigenvalue weighted by Gasteiger charge is 2.32. The smallest absolute Gasteiger partial charge is 0.134 e. The number of aromatic nitrogens is 2. The molecule has 1 unspecified atom stereocenters. The average Bonchev–Trinajstić information content (AvgIpc) is 3.11. The van der Waals surface area contributed by atoms with Gasteiger partial charge in [0, 0.05) is 25.8 Å². The second-order valence-electron chi connectivity index (χ2n) is 4.86. The molecule has 0 aromatic carbocycles. The maximum absolute atomic E-state index is 6.02. The monoisotopic (exact) mass is 269 g/mol. The van der Waals surface area contributed by atoms with E-state index in [4.69, 9.17) is 16.3 Å². The average molecular weight is 270 g/mol. The van der Waals surface area contributed by atoms with Crippen LogP contribution in [0.5, 0.6) is 0 Å². The van der Waals surface area contributed by atoms with E-state index in [1.807, 2.05) is 13.0 Å². The first-order valence-electron chi connectivity index (χ1n) is 6.38. The van der Waals surface area contributed by atoms with Crippen molar-refractivity contribution in [1.82, 2.24) is 9.97 Å². The van der Waals surface area contributed by atoms with Crippen molar-refractivity contribution in [1.29, 1.82) is 0 Å². The zero-order chi connectivity index (χ0) is 13.1. The van der Waals surface area contributed by atoms with Crippen LogP contribution in [-0.4, -0.2) is 36.3 Å². The Labute approximate surface area is 113 Å². The van der Waals surface area contributed by atoms with E-state index in [2.05, 4.69) is 21.8 Å². The van der Waals surface area contributed by atoms with Gasteiger partial charge in [0.25, 0.3) is 0 Å². The predicted molar refractivity (Wildman–Crippen MR) is 73.2 cm³/mol. The molecule has 1 aromatic rings. The zero-order valence-corrected chi connectivity index (χ0v) is 11.9. The molecule has 100 valence electrons. The van der Waals surface area contributed by atoms with Crippen LogP contribution in [0.25, 0.3) is 0 Å². The van der Waals surface area contributed by atoms with Gasteiger partial charge in [0.1, 0.15) is 16.8 Å². The van der Waals surface area contributed by atoms with Gasteiger partial charge >= 0.3 is 0 Å². The molecule has 0 radical (unpaired) electrons. The number of rotatable bonds is 6. The summed E-state index contributed by atoms with van der Waals surface area (Å²) in [7, 11) is 1.72. The van der Waals surface area contributed by atoms with Gasteiger partial charge in [-0.05, 0) is 32.6 Å². The van der Waals surface area contributed by atoms with E-state index < -0.39 is 0 Å². The van der Waals surface area contributed by atoms with Crippen LogP contribution < -0.4 is 4.90 Å². The van der Waals surface area contributed by atoms with E-state index >= 15 is 0 Å². The molecule has 5 heteroatoms. The Morgan fingerprint density at radius 3 is 2.78 bits per heavy atom. The van der Waals surface area contributed by atoms with Gasteiger partial charge in [-0.25, -0.2) is 9.97 Å². The Morgan fingerprint density at radius 1 is 1.50 bits per heavy atom. The van der Waals surface area contributed by atoms with Crippen molar-refractivity contribution in [2.24, 2.45) is 5.92 Å². The Kier molecular flexibility index (Phi) is 4.40. The minimum Gasteiger partial charge on any atom is -0.383 e. The van der Waals surface area contributed by atoms with E-state index in [9.17, 15) is 0 Å². The molecule has 1 fully saturated rings. The van der Waals surface area contributed by atoms with E-state index in [1.54, 1.807) is 7.11 Å². The van der Waals surface area contributed by atoms with E-state index in [-0.39, 0.29) is 0 Å². The first kappa shape index (κ1) is 13.6. The minimum atomic E-state index is 0.477. The largest absolute Gasteiger partial charge is 0.383 e. The van der Waals surface area contributed by atoms with Gasteiger partial charge in [-0.15, -0.1) is 0 Å². The van der Waals surface area contributed by atoms with Crippen LogP contribution in [0.2, 0.25) is 5.15 Å². The summed E-state index contributed by atoms with van der Waals surface area (Å²) in [6.07, 6.45) is 2.62. The second-order valence-corrected chi connectivity index (χ2v) is 5.25. The first-order chi connectivity index (χ1) is 8.61. The SMILES string of the molecule is COCCN(c1cc(Cl)nc(C)n1)C(C)C1CC1. The fraction of sp³-hybridized carbons (Fsp3) is 0.692. The molecule has 0 N–H and O–H groups in total. The van der Waals surface area contributed by atoms with Crippen LogP contribution in [0.15, 0.2) is 6.07 Å². The highest BCUT2D eigenvalue weighted by molar-refractivity contribution is 6.29. The van der Waals surface area contributed by atoms with Gasteiger partial charge in [-0.1, -0.05) is 11.6 Å². The van der Waals surface area contributed by atoms with Crippen molar-refractivity contribution < 1.29 is 4.74 Å². The summed E-state index contributed by atoms with van der Waals surface area (Å²) < 4.78 is 5.19. The van der Waals surface area contributed by atoms with Gasteiger partial charge in [0.2, 0.25) is 0 Å². The maximum atomic E-state index is 6.02. The summed E-state index contributed by atoms with van der Waals surface area (Å²) in [5.74, 6) is 2.39. The normalized spacial score (nSPS) is 16.7. The number of hydrogen-bond acceptors (Lipinski definition) is 4. The molecule has 1 saturated carbocycles. The Bertz CT molecular complexity index is 389. The van der Waals surface area contributed by atoms with Crippen molar-refractivity contribution >= 4 is 17.4 Å². The van der Waals surface area contributed by atoms with Gasteiger partial charge in [-0.3, -0.25) is 0 Å². The van der Waals surface area contributed by atoms with Crippen LogP contribution in [0.3, 0.4) is 0 Å². The van der Waals surface area contributed by atoms with Gasteiger partial charge in [-0.2, -0.15) is 0 Å². The topological polar surface area (TPSA) is 38.2 Å². The molecule has 0 aliphatic heterocycles. The summed E-state index contributed by atoms with van der Waals surface area (Å²) in [5.41, 5.74) is 0. The molecule has 4 nitrogen and oxygen atoms in total. The molecule has 0 bridgehead atoms. The highest BCUT2D eigenvalue weighted by atomic mass is 35.5. The summed E-state index contributed by atoms with van der Waals surface area (Å²) in [5, 5.41) is 0.503. The molecule has 0 saturated heterocycles. The first-order valence-corrected chi connectivity index (χ1v) is 6.76. The van der Waals surface area contributed by atoms with Crippen molar-refractivity contribution in [3.63, 3.8) is 0 Å². The number of halogens is 1. The van der Waals surface area contributed by atoms with Crippen LogP contribution in [0, 0.1) is 12.8 Å². The fourth-order valence-electron chi connectivity index (χ4n) is 2.21. The van der Waals surface area contributed by atoms with E-state index in [1.165, 1.54) is 12.8 Å². The Balaban J connectivity index is 2.20. The number of hydrogen-bond donors (Lipinski definition) is 0. The molecule has 1 aromatic heterocycles. The fourth-order valence-corrected chi connectivity index (χ4v) is 2.43. The predicted octanol–water partition coefficient (Wildman–Crippen LogP) is 2.69. The molecule has 1 atom stereocenters. The van der Waals surface area contributed by atoms with Crippen LogP contribution in [0.1, 0.15) is 25.6 Å². The third-order valence-corrected chi connectivity index (χ3v) is 3.61. The third kappa shape index (κ3) is 3.33. The maximum Gasteiger partial charge on any atom is 0.134 e. The van der Waals surface area contributed by atoms with Gasteiger partial charge < -0.3 is 9.64 Å². The highest BCUT2D eigenvalue weighted by Crippen LogP contribution is 2.36. The Morgan fingerprint density at radius 2 is 2.22 bits per heavy atom. The lowest BCUT2D eigenvalue weighted by atomic mass is 10.2. The molecule has 0 amide bonds. The molecule has 18 heavy (non-hydrogen) atoms. The quantitative estimate of drug-likeness (QED) is 0.745. The van der Waals surface area contributed by atoms with E-state index in [0.717, 1.165) is 18.3 Å². The van der Waals surface area contributed by atoms with Gasteiger partial charge in [0.05, 0.1) is 6.61 Å². The standard InChI is InChI=1S/C13H20ClN3O/c1-9(11-4-5-11)17(6-7-18-3)13-8-12(14)15-10(2)16-13/h8-9,11H,4-7H2,1-3H3. The zero-order valence-electron chi connectivity index (χ0n) is 11.2. The number of methoxy groups -OCH3 is 1. The summed E-state index contributed by atoms with van der Waals surface area (Å²) in [4.78, 5) is 10.9. The molecule has 0 spiro atoms. The van der Waals surface area contributed by atoms with Crippen molar-refractivity contribution in [2.45, 2.75) is 32.7 Å². The molecule has 1 aliphatic rings. The summed E-state index contributed by atoms with van der Waals surface area (Å²) in [6.45, 7) is 5.64. The second kappa shape index (κ2) is 5.85. The molecular weight excluding hydrogens is 250 g/mol. The van der Waals surface area contributed by atoms with Crippen molar-refractivity contribution in [2.75, 3.05) is 25.2 Å². The third-order valence-electron chi connectivity index (χ3n) is 3.42. The number of ether oxygens (including phenoxy) is 1. The molecule has 1 aliphatic carbocycles. The Hall–Kier alpha value is -0.870.